The number of nitrogens with zero attached hydrogens (tertiary/aromatic N) is 1. The molecule has 0 spiro atoms. The van der Waals surface area contributed by atoms with Crippen molar-refractivity contribution in [1.82, 2.24) is 0 Å². The summed E-state index contributed by atoms with van der Waals surface area (Å²) in [5, 5.41) is 12.0. The first kappa shape index (κ1) is 13.3. The first-order valence-corrected chi connectivity index (χ1v) is 7.73. The van der Waals surface area contributed by atoms with Gasteiger partial charge in [-0.05, 0) is 30.4 Å². The number of aliphatic hydroxyl groups excluding tert-OH is 1. The molecule has 1 aliphatic rings. The number of hydrogen-bond donors (Lipinski definition) is 1. The Morgan fingerprint density at radius 3 is 2.95 bits per heavy atom. The molecule has 2 heterocycles. The number of para-hydroxylation sites is 1. The molecular weight excluding hydrogens is 270 g/mol. The first-order chi connectivity index (χ1) is 9.75. The number of fused-ring (bicyclic) bond motifs is 1. The number of aliphatic hydroxyl groups is 1. The van der Waals surface area contributed by atoms with E-state index in [4.69, 9.17) is 0 Å². The number of rotatable bonds is 3. The van der Waals surface area contributed by atoms with Crippen LogP contribution in [0.25, 0.3) is 0 Å². The number of aryl methyl sites for hydroxylation is 1. The standard InChI is InChI=1S/C16H17NO2S/c18-15-9-10-17(14-6-2-1-5-13(14)15)16(19)8-7-12-4-3-11-20-12/h1-6,11,15,18H,7-10H2. The van der Waals surface area contributed by atoms with Crippen LogP contribution in [0.5, 0.6) is 0 Å². The summed E-state index contributed by atoms with van der Waals surface area (Å²) < 4.78 is 0. The van der Waals surface area contributed by atoms with Gasteiger partial charge in [0.25, 0.3) is 0 Å². The molecule has 1 unspecified atom stereocenters. The van der Waals surface area contributed by atoms with Crippen molar-refractivity contribution in [2.45, 2.75) is 25.4 Å². The Morgan fingerprint density at radius 2 is 2.15 bits per heavy atom. The highest BCUT2D eigenvalue weighted by Crippen LogP contribution is 2.33. The Kier molecular flexibility index (Phi) is 3.85. The lowest BCUT2D eigenvalue weighted by atomic mass is 9.98. The lowest BCUT2D eigenvalue weighted by Gasteiger charge is -2.32. The van der Waals surface area contributed by atoms with Gasteiger partial charge in [-0.1, -0.05) is 24.3 Å². The number of thiophene rings is 1. The molecule has 1 aliphatic heterocycles. The van der Waals surface area contributed by atoms with Crippen LogP contribution in [0.1, 0.15) is 29.4 Å². The molecule has 0 saturated heterocycles. The molecule has 2 aromatic rings. The van der Waals surface area contributed by atoms with Crippen LogP contribution in [0.4, 0.5) is 5.69 Å². The van der Waals surface area contributed by atoms with Crippen LogP contribution in [0.2, 0.25) is 0 Å². The molecule has 0 fully saturated rings. The average Bonchev–Trinajstić information content (AvgIpc) is 2.99. The number of hydrogen-bond acceptors (Lipinski definition) is 3. The number of benzene rings is 1. The summed E-state index contributed by atoms with van der Waals surface area (Å²) in [4.78, 5) is 15.5. The highest BCUT2D eigenvalue weighted by Gasteiger charge is 2.26. The van der Waals surface area contributed by atoms with Gasteiger partial charge in [-0.3, -0.25) is 4.79 Å². The third kappa shape index (κ3) is 2.62. The highest BCUT2D eigenvalue weighted by atomic mass is 32.1. The van der Waals surface area contributed by atoms with Crippen LogP contribution in [0.15, 0.2) is 41.8 Å². The average molecular weight is 287 g/mol. The maximum Gasteiger partial charge on any atom is 0.227 e. The number of carbonyl (C=O) groups is 1. The molecule has 20 heavy (non-hydrogen) atoms. The number of amides is 1. The van der Waals surface area contributed by atoms with Gasteiger partial charge in [0.15, 0.2) is 0 Å². The van der Waals surface area contributed by atoms with Crippen LogP contribution < -0.4 is 4.90 Å². The summed E-state index contributed by atoms with van der Waals surface area (Å²) in [5.74, 6) is 0.137. The first-order valence-electron chi connectivity index (χ1n) is 6.85. The zero-order chi connectivity index (χ0) is 13.9. The Bertz CT molecular complexity index is 594. The Labute approximate surface area is 122 Å². The maximum absolute atomic E-state index is 12.4. The molecule has 0 saturated carbocycles. The van der Waals surface area contributed by atoms with Gasteiger partial charge in [-0.2, -0.15) is 0 Å². The summed E-state index contributed by atoms with van der Waals surface area (Å²) in [6.45, 7) is 0.599. The van der Waals surface area contributed by atoms with Crippen LogP contribution in [-0.2, 0) is 11.2 Å². The van der Waals surface area contributed by atoms with Gasteiger partial charge < -0.3 is 10.0 Å². The third-order valence-corrected chi connectivity index (χ3v) is 4.62. The molecule has 104 valence electrons. The third-order valence-electron chi connectivity index (χ3n) is 3.68. The van der Waals surface area contributed by atoms with Crippen LogP contribution in [-0.4, -0.2) is 17.6 Å². The van der Waals surface area contributed by atoms with Gasteiger partial charge in [-0.15, -0.1) is 11.3 Å². The van der Waals surface area contributed by atoms with E-state index in [0.29, 0.717) is 19.4 Å². The fourth-order valence-electron chi connectivity index (χ4n) is 2.62. The SMILES string of the molecule is O=C(CCc1cccs1)N1CCC(O)c2ccccc21. The second-order valence-electron chi connectivity index (χ2n) is 4.99. The quantitative estimate of drug-likeness (QED) is 0.942. The predicted octanol–water partition coefficient (Wildman–Crippen LogP) is 3.15. The molecule has 3 nitrogen and oxygen atoms in total. The van der Waals surface area contributed by atoms with Crippen LogP contribution in [0.3, 0.4) is 0 Å². The van der Waals surface area contributed by atoms with Crippen molar-refractivity contribution in [3.05, 3.63) is 52.2 Å². The van der Waals surface area contributed by atoms with E-state index in [1.807, 2.05) is 40.6 Å². The van der Waals surface area contributed by atoms with E-state index in [9.17, 15) is 9.90 Å². The largest absolute Gasteiger partial charge is 0.388 e. The van der Waals surface area contributed by atoms with Crippen LogP contribution in [0, 0.1) is 0 Å². The van der Waals surface area contributed by atoms with Crippen molar-refractivity contribution in [3.63, 3.8) is 0 Å². The molecule has 1 aromatic heterocycles. The minimum atomic E-state index is -0.451. The summed E-state index contributed by atoms with van der Waals surface area (Å²) in [7, 11) is 0. The minimum absolute atomic E-state index is 0.137. The molecule has 3 rings (SSSR count). The molecule has 1 atom stereocenters. The molecule has 0 aliphatic carbocycles. The van der Waals surface area contributed by atoms with Crippen molar-refractivity contribution in [2.75, 3.05) is 11.4 Å². The van der Waals surface area contributed by atoms with E-state index in [2.05, 4.69) is 6.07 Å². The summed E-state index contributed by atoms with van der Waals surface area (Å²) >= 11 is 1.69. The van der Waals surface area contributed by atoms with Crippen molar-refractivity contribution in [1.29, 1.82) is 0 Å². The minimum Gasteiger partial charge on any atom is -0.388 e. The monoisotopic (exact) mass is 287 g/mol. The molecule has 1 amide bonds. The van der Waals surface area contributed by atoms with Crippen molar-refractivity contribution >= 4 is 22.9 Å². The van der Waals surface area contributed by atoms with E-state index in [0.717, 1.165) is 17.7 Å². The fourth-order valence-corrected chi connectivity index (χ4v) is 3.33. The summed E-state index contributed by atoms with van der Waals surface area (Å²) in [6, 6.07) is 11.7. The lowest BCUT2D eigenvalue weighted by Crippen LogP contribution is -2.36. The van der Waals surface area contributed by atoms with E-state index < -0.39 is 6.10 Å². The molecule has 1 aromatic carbocycles. The zero-order valence-electron chi connectivity index (χ0n) is 11.2. The van der Waals surface area contributed by atoms with E-state index in [-0.39, 0.29) is 5.91 Å². The van der Waals surface area contributed by atoms with Crippen molar-refractivity contribution in [2.24, 2.45) is 0 Å². The van der Waals surface area contributed by atoms with Gasteiger partial charge in [0.05, 0.1) is 6.10 Å². The van der Waals surface area contributed by atoms with E-state index in [1.165, 1.54) is 4.88 Å². The molecule has 1 N–H and O–H groups in total. The molecule has 0 radical (unpaired) electrons. The van der Waals surface area contributed by atoms with Crippen molar-refractivity contribution < 1.29 is 9.90 Å². The second-order valence-corrected chi connectivity index (χ2v) is 6.02. The van der Waals surface area contributed by atoms with Crippen LogP contribution >= 0.6 is 11.3 Å². The van der Waals surface area contributed by atoms with Gasteiger partial charge in [0, 0.05) is 29.1 Å². The lowest BCUT2D eigenvalue weighted by molar-refractivity contribution is -0.118. The van der Waals surface area contributed by atoms with Gasteiger partial charge in [0.1, 0.15) is 0 Å². The predicted molar refractivity (Wildman–Crippen MR) is 81.0 cm³/mol. The number of carbonyl (C=O) groups excluding carboxylic acids is 1. The normalized spacial score (nSPS) is 17.9. The van der Waals surface area contributed by atoms with Gasteiger partial charge in [-0.25, -0.2) is 0 Å². The second kappa shape index (κ2) is 5.77. The molecule has 4 heteroatoms. The van der Waals surface area contributed by atoms with E-state index >= 15 is 0 Å². The summed E-state index contributed by atoms with van der Waals surface area (Å²) in [6.07, 6.45) is 1.47. The van der Waals surface area contributed by atoms with Gasteiger partial charge >= 0.3 is 0 Å². The van der Waals surface area contributed by atoms with E-state index in [1.54, 1.807) is 11.3 Å². The Morgan fingerprint density at radius 1 is 1.30 bits per heavy atom. The summed E-state index contributed by atoms with van der Waals surface area (Å²) in [5.41, 5.74) is 1.73. The highest BCUT2D eigenvalue weighted by molar-refractivity contribution is 7.09. The topological polar surface area (TPSA) is 40.5 Å². The molecular formula is C16H17NO2S. The van der Waals surface area contributed by atoms with Gasteiger partial charge in [0.2, 0.25) is 5.91 Å². The Hall–Kier alpha value is -1.65. The van der Waals surface area contributed by atoms with Crippen molar-refractivity contribution in [3.8, 4) is 0 Å². The maximum atomic E-state index is 12.4. The Balaban J connectivity index is 1.74. The molecule has 0 bridgehead atoms. The fraction of sp³-hybridized carbons (Fsp3) is 0.312. The zero-order valence-corrected chi connectivity index (χ0v) is 12.0. The number of anilines is 1. The smallest absolute Gasteiger partial charge is 0.227 e.